The highest BCUT2D eigenvalue weighted by atomic mass is 16.4. The lowest BCUT2D eigenvalue weighted by Crippen LogP contribution is -2.35. The lowest BCUT2D eigenvalue weighted by atomic mass is 10.1. The number of imidazole rings is 1. The van der Waals surface area contributed by atoms with E-state index in [0.717, 1.165) is 12.1 Å². The molecular weight excluding hydrogens is 282 g/mol. The molecule has 2 N–H and O–H groups in total. The van der Waals surface area contributed by atoms with Crippen molar-refractivity contribution in [1.29, 1.82) is 0 Å². The Bertz CT molecular complexity index is 696. The first-order valence-electron chi connectivity index (χ1n) is 7.12. The molecule has 6 nitrogen and oxygen atoms in total. The molecular formula is C16H17N3O3. The highest BCUT2D eigenvalue weighted by Crippen LogP contribution is 2.47. The van der Waals surface area contributed by atoms with Crippen molar-refractivity contribution in [2.75, 3.05) is 0 Å². The minimum Gasteiger partial charge on any atom is -0.479 e. The molecule has 1 aromatic heterocycles. The smallest absolute Gasteiger partial charge is 0.330 e. The second-order valence-corrected chi connectivity index (χ2v) is 5.57. The number of carboxylic acid groups (broad SMARTS) is 1. The van der Waals surface area contributed by atoms with E-state index in [4.69, 9.17) is 0 Å². The van der Waals surface area contributed by atoms with Gasteiger partial charge in [0.15, 0.2) is 6.04 Å². The lowest BCUT2D eigenvalue weighted by Gasteiger charge is -2.15. The van der Waals surface area contributed by atoms with Crippen molar-refractivity contribution in [1.82, 2.24) is 14.9 Å². The van der Waals surface area contributed by atoms with Crippen LogP contribution in [0.5, 0.6) is 0 Å². The van der Waals surface area contributed by atoms with Crippen molar-refractivity contribution < 1.29 is 14.7 Å². The molecule has 0 aliphatic heterocycles. The predicted octanol–water partition coefficient (Wildman–Crippen LogP) is 1.47. The van der Waals surface area contributed by atoms with Crippen LogP contribution in [0.3, 0.4) is 0 Å². The van der Waals surface area contributed by atoms with E-state index in [1.165, 1.54) is 0 Å². The van der Waals surface area contributed by atoms with Gasteiger partial charge in [0.2, 0.25) is 5.91 Å². The molecule has 114 valence electrons. The molecule has 1 aromatic carbocycles. The van der Waals surface area contributed by atoms with Gasteiger partial charge in [-0.05, 0) is 12.0 Å². The van der Waals surface area contributed by atoms with Crippen molar-refractivity contribution >= 4 is 11.9 Å². The first-order valence-corrected chi connectivity index (χ1v) is 7.12. The second-order valence-electron chi connectivity index (χ2n) is 5.57. The summed E-state index contributed by atoms with van der Waals surface area (Å²) < 4.78 is 1.89. The molecule has 1 aliphatic carbocycles. The average Bonchev–Trinajstić information content (AvgIpc) is 3.19. The average molecular weight is 299 g/mol. The number of nitrogens with zero attached hydrogens (tertiary/aromatic N) is 2. The third kappa shape index (κ3) is 2.72. The molecule has 6 heteroatoms. The maximum atomic E-state index is 12.3. The van der Waals surface area contributed by atoms with Gasteiger partial charge >= 0.3 is 5.97 Å². The van der Waals surface area contributed by atoms with Gasteiger partial charge in [0.1, 0.15) is 0 Å². The number of benzene rings is 1. The van der Waals surface area contributed by atoms with E-state index in [1.54, 1.807) is 36.8 Å². The molecule has 22 heavy (non-hydrogen) atoms. The van der Waals surface area contributed by atoms with Gasteiger partial charge in [-0.1, -0.05) is 30.3 Å². The molecule has 3 atom stereocenters. The van der Waals surface area contributed by atoms with Crippen molar-refractivity contribution in [2.45, 2.75) is 18.4 Å². The highest BCUT2D eigenvalue weighted by molar-refractivity contribution is 5.88. The molecule has 1 heterocycles. The minimum atomic E-state index is -1.06. The number of rotatable bonds is 5. The highest BCUT2D eigenvalue weighted by Gasteiger charge is 2.46. The zero-order valence-corrected chi connectivity index (χ0v) is 12.1. The Morgan fingerprint density at radius 1 is 1.36 bits per heavy atom. The summed E-state index contributed by atoms with van der Waals surface area (Å²) in [5.74, 6) is -1.33. The predicted molar refractivity (Wildman–Crippen MR) is 79.0 cm³/mol. The van der Waals surface area contributed by atoms with Crippen molar-refractivity contribution in [2.24, 2.45) is 13.0 Å². The summed E-state index contributed by atoms with van der Waals surface area (Å²) in [4.78, 5) is 27.8. The largest absolute Gasteiger partial charge is 0.479 e. The topological polar surface area (TPSA) is 84.2 Å². The first-order chi connectivity index (χ1) is 10.6. The number of amides is 1. The Morgan fingerprint density at radius 3 is 2.68 bits per heavy atom. The molecule has 1 unspecified atom stereocenters. The first kappa shape index (κ1) is 14.3. The van der Waals surface area contributed by atoms with E-state index < -0.39 is 12.0 Å². The van der Waals surface area contributed by atoms with Gasteiger partial charge in [-0.3, -0.25) is 4.79 Å². The van der Waals surface area contributed by atoms with Crippen LogP contribution in [0.1, 0.15) is 29.6 Å². The van der Waals surface area contributed by atoms with Gasteiger partial charge in [0.05, 0.1) is 6.33 Å². The Balaban J connectivity index is 1.69. The zero-order chi connectivity index (χ0) is 15.7. The number of nitrogens with one attached hydrogen (secondary N) is 1. The summed E-state index contributed by atoms with van der Waals surface area (Å²) in [5, 5.41) is 12.0. The Kier molecular flexibility index (Phi) is 3.66. The van der Waals surface area contributed by atoms with E-state index in [0.29, 0.717) is 5.56 Å². The normalized spacial score (nSPS) is 21.1. The Labute approximate surface area is 127 Å². The summed E-state index contributed by atoms with van der Waals surface area (Å²) in [6.45, 7) is 0. The van der Waals surface area contributed by atoms with Crippen molar-refractivity contribution in [3.63, 3.8) is 0 Å². The van der Waals surface area contributed by atoms with Crippen molar-refractivity contribution in [3.05, 3.63) is 54.1 Å². The van der Waals surface area contributed by atoms with Crippen LogP contribution in [0, 0.1) is 5.92 Å². The van der Waals surface area contributed by atoms with Crippen LogP contribution in [0.4, 0.5) is 0 Å². The molecule has 0 bridgehead atoms. The maximum absolute atomic E-state index is 12.3. The molecule has 3 rings (SSSR count). The summed E-state index contributed by atoms with van der Waals surface area (Å²) in [6, 6.07) is 7.71. The number of carbonyl (C=O) groups excluding carboxylic acids is 1. The number of aryl methyl sites for hydroxylation is 1. The van der Waals surface area contributed by atoms with E-state index in [2.05, 4.69) is 10.3 Å². The Morgan fingerprint density at radius 2 is 2.09 bits per heavy atom. The third-order valence-electron chi connectivity index (χ3n) is 4.03. The van der Waals surface area contributed by atoms with Crippen LogP contribution in [-0.4, -0.2) is 26.5 Å². The van der Waals surface area contributed by atoms with Gasteiger partial charge in [0, 0.05) is 30.8 Å². The second kappa shape index (κ2) is 5.63. The maximum Gasteiger partial charge on any atom is 0.330 e. The van der Waals surface area contributed by atoms with E-state index >= 15 is 0 Å². The van der Waals surface area contributed by atoms with Crippen LogP contribution < -0.4 is 5.32 Å². The fourth-order valence-electron chi connectivity index (χ4n) is 2.72. The molecule has 2 aromatic rings. The third-order valence-corrected chi connectivity index (χ3v) is 4.03. The molecule has 1 aliphatic rings. The van der Waals surface area contributed by atoms with Gasteiger partial charge in [-0.2, -0.15) is 0 Å². The fraction of sp³-hybridized carbons (Fsp3) is 0.312. The molecule has 1 amide bonds. The summed E-state index contributed by atoms with van der Waals surface area (Å²) >= 11 is 0. The number of hydrogen-bond donors (Lipinski definition) is 2. The van der Waals surface area contributed by atoms with Gasteiger partial charge in [0.25, 0.3) is 0 Å². The molecule has 0 radical (unpaired) electrons. The number of aliphatic carboxylic acids is 1. The van der Waals surface area contributed by atoms with Gasteiger partial charge in [-0.15, -0.1) is 0 Å². The van der Waals surface area contributed by atoms with E-state index in [-0.39, 0.29) is 17.7 Å². The quantitative estimate of drug-likeness (QED) is 0.875. The molecule has 1 saturated carbocycles. The number of carbonyl (C=O) groups is 2. The molecule has 0 saturated heterocycles. The van der Waals surface area contributed by atoms with Crippen LogP contribution >= 0.6 is 0 Å². The number of aromatic nitrogens is 2. The van der Waals surface area contributed by atoms with Crippen LogP contribution in [-0.2, 0) is 16.6 Å². The number of hydrogen-bond acceptors (Lipinski definition) is 3. The van der Waals surface area contributed by atoms with E-state index in [9.17, 15) is 14.7 Å². The standard InChI is InChI=1S/C16H17N3O3/c1-19-9-17-8-13(19)11-7-12(11)15(20)18-14(16(21)22)10-5-3-2-4-6-10/h2-6,8-9,11-12,14H,7H2,1H3,(H,18,20)(H,21,22)/t11-,12-,14?/m1/s1. The molecule has 0 spiro atoms. The summed E-state index contributed by atoms with van der Waals surface area (Å²) in [5.41, 5.74) is 1.58. The zero-order valence-electron chi connectivity index (χ0n) is 12.1. The van der Waals surface area contributed by atoms with Crippen LogP contribution in [0.15, 0.2) is 42.9 Å². The minimum absolute atomic E-state index is 0.123. The number of carboxylic acids is 1. The van der Waals surface area contributed by atoms with Gasteiger partial charge < -0.3 is 15.0 Å². The summed E-state index contributed by atoms with van der Waals surface area (Å²) in [6.07, 6.45) is 4.18. The summed E-state index contributed by atoms with van der Waals surface area (Å²) in [7, 11) is 1.89. The fourth-order valence-corrected chi connectivity index (χ4v) is 2.72. The van der Waals surface area contributed by atoms with E-state index in [1.807, 2.05) is 17.7 Å². The van der Waals surface area contributed by atoms with Crippen LogP contribution in [0.25, 0.3) is 0 Å². The van der Waals surface area contributed by atoms with Crippen LogP contribution in [0.2, 0.25) is 0 Å². The lowest BCUT2D eigenvalue weighted by molar-refractivity contribution is -0.142. The molecule has 1 fully saturated rings. The van der Waals surface area contributed by atoms with Crippen molar-refractivity contribution in [3.8, 4) is 0 Å². The van der Waals surface area contributed by atoms with Gasteiger partial charge in [-0.25, -0.2) is 9.78 Å². The monoisotopic (exact) mass is 299 g/mol. The Hall–Kier alpha value is -2.63. The SMILES string of the molecule is Cn1cncc1[C@@H]1C[C@H]1C(=O)NC(C(=O)O)c1ccccc1.